The number of rotatable bonds is 8. The smallest absolute Gasteiger partial charge is 0.318 e. The van der Waals surface area contributed by atoms with Gasteiger partial charge in [0.1, 0.15) is 11.5 Å². The highest BCUT2D eigenvalue weighted by Gasteiger charge is 2.42. The maximum absolute atomic E-state index is 13.0. The van der Waals surface area contributed by atoms with Crippen molar-refractivity contribution in [3.8, 4) is 11.5 Å². The number of halogens is 2. The van der Waals surface area contributed by atoms with Crippen LogP contribution < -0.4 is 4.74 Å². The van der Waals surface area contributed by atoms with Gasteiger partial charge in [-0.3, -0.25) is 19.2 Å². The summed E-state index contributed by atoms with van der Waals surface area (Å²) < 4.78 is 67.3. The van der Waals surface area contributed by atoms with Crippen LogP contribution in [0.5, 0.6) is 11.5 Å². The van der Waals surface area contributed by atoms with Crippen molar-refractivity contribution < 1.29 is 49.3 Å². The van der Waals surface area contributed by atoms with E-state index in [9.17, 15) is 36.0 Å². The van der Waals surface area contributed by atoms with Gasteiger partial charge in [-0.1, -0.05) is 31.9 Å². The maximum atomic E-state index is 13.0. The molecule has 45 heavy (non-hydrogen) atoms. The summed E-state index contributed by atoms with van der Waals surface area (Å²) in [7, 11) is -9.07. The fourth-order valence-corrected chi connectivity index (χ4v) is 6.58. The molecule has 0 unspecified atom stereocenters. The molecule has 4 amide bonds. The summed E-state index contributed by atoms with van der Waals surface area (Å²) in [5, 5.41) is 0.255. The lowest BCUT2D eigenvalue weighted by Gasteiger charge is -2.13. The number of carbonyl (C=O) groups is 4. The van der Waals surface area contributed by atoms with Gasteiger partial charge in [0.25, 0.3) is 23.6 Å². The third-order valence-corrected chi connectivity index (χ3v) is 9.87. The Morgan fingerprint density at radius 2 is 0.800 bits per heavy atom. The molecule has 13 nitrogen and oxygen atoms in total. The first-order valence-corrected chi connectivity index (χ1v) is 16.8. The van der Waals surface area contributed by atoms with Crippen molar-refractivity contribution in [3.05, 3.63) is 116 Å². The summed E-state index contributed by atoms with van der Waals surface area (Å²) >= 11 is 6.37. The Morgan fingerprint density at radius 1 is 0.467 bits per heavy atom. The molecule has 0 radical (unpaired) electrons. The maximum Gasteiger partial charge on any atom is 0.318 e. The van der Waals surface area contributed by atoms with Gasteiger partial charge < -0.3 is 4.74 Å². The van der Waals surface area contributed by atoms with Crippen molar-refractivity contribution in [2.24, 2.45) is 0 Å². The Morgan fingerprint density at radius 3 is 1.16 bits per heavy atom. The van der Waals surface area contributed by atoms with E-state index in [-0.39, 0.29) is 53.7 Å². The van der Waals surface area contributed by atoms with Gasteiger partial charge in [0, 0.05) is 8.95 Å². The first kappa shape index (κ1) is 30.8. The average molecular weight is 778 g/mol. The predicted molar refractivity (Wildman–Crippen MR) is 159 cm³/mol. The summed E-state index contributed by atoms with van der Waals surface area (Å²) in [6.45, 7) is 0. The highest BCUT2D eigenvalue weighted by atomic mass is 79.9. The Hall–Kier alpha value is -4.26. The van der Waals surface area contributed by atoms with E-state index in [0.717, 1.165) is 0 Å². The summed E-state index contributed by atoms with van der Waals surface area (Å²) in [6.07, 6.45) is 0. The summed E-state index contributed by atoms with van der Waals surface area (Å²) in [5.41, 5.74) is -0.719. The van der Waals surface area contributed by atoms with Gasteiger partial charge in [0.15, 0.2) is 0 Å². The molecule has 6 rings (SSSR count). The zero-order valence-electron chi connectivity index (χ0n) is 22.0. The molecule has 0 aromatic heterocycles. The van der Waals surface area contributed by atoms with E-state index in [2.05, 4.69) is 31.9 Å². The molecule has 2 aliphatic rings. The van der Waals surface area contributed by atoms with E-state index in [1.54, 1.807) is 0 Å². The first-order valence-electron chi connectivity index (χ1n) is 12.4. The topological polar surface area (TPSA) is 171 Å². The van der Waals surface area contributed by atoms with Crippen LogP contribution in [0.25, 0.3) is 0 Å². The molecule has 0 spiro atoms. The second-order valence-corrected chi connectivity index (χ2v) is 14.2. The van der Waals surface area contributed by atoms with E-state index in [1.165, 1.54) is 84.9 Å². The van der Waals surface area contributed by atoms with Crippen molar-refractivity contribution in [2.75, 3.05) is 0 Å². The van der Waals surface area contributed by atoms with E-state index < -0.39 is 43.9 Å². The Kier molecular flexibility index (Phi) is 7.70. The molecular weight excluding hydrogens is 764 g/mol. The van der Waals surface area contributed by atoms with Crippen LogP contribution in [0.15, 0.2) is 104 Å². The number of carbonyl (C=O) groups excluding carboxylic acids is 4. The minimum absolute atomic E-state index is 0.00941. The fraction of sp³-hybridized carbons (Fsp3) is 0. The molecule has 4 aromatic carbocycles. The molecule has 0 atom stereocenters. The molecule has 17 heteroatoms. The van der Waals surface area contributed by atoms with Crippen LogP contribution in [0.2, 0.25) is 0 Å². The minimum atomic E-state index is -4.53. The van der Waals surface area contributed by atoms with E-state index in [4.69, 9.17) is 13.3 Å². The van der Waals surface area contributed by atoms with Crippen molar-refractivity contribution in [1.29, 1.82) is 0 Å². The minimum Gasteiger partial charge on any atom is -0.457 e. The van der Waals surface area contributed by atoms with Gasteiger partial charge >= 0.3 is 20.2 Å². The lowest BCUT2D eigenvalue weighted by atomic mass is 10.1. The zero-order chi connectivity index (χ0) is 32.3. The second kappa shape index (κ2) is 11.3. The molecule has 0 saturated heterocycles. The van der Waals surface area contributed by atoms with Crippen LogP contribution in [0.1, 0.15) is 41.4 Å². The van der Waals surface area contributed by atoms with Crippen molar-refractivity contribution in [2.45, 2.75) is 9.79 Å². The highest BCUT2D eigenvalue weighted by Crippen LogP contribution is 2.34. The molecule has 228 valence electrons. The lowest BCUT2D eigenvalue weighted by molar-refractivity contribution is -0.0107. The quantitative estimate of drug-likeness (QED) is 0.225. The SMILES string of the molecule is O=C1c2ccc(Oc3ccc4c(c3)C(=O)N(OS(=O)(=O)c3ccc(Br)cc3)C4=O)cc2C(=O)N1OS(=O)(=O)c1ccc(Br)cc1. The normalized spacial score (nSPS) is 14.6. The Bertz CT molecular complexity index is 2020. The van der Waals surface area contributed by atoms with Gasteiger partial charge in [0.2, 0.25) is 0 Å². The van der Waals surface area contributed by atoms with Crippen molar-refractivity contribution in [3.63, 3.8) is 0 Å². The number of hydrogen-bond donors (Lipinski definition) is 0. The second-order valence-electron chi connectivity index (χ2n) is 9.29. The summed E-state index contributed by atoms with van der Waals surface area (Å²) in [5.74, 6) is -4.12. The van der Waals surface area contributed by atoms with Crippen LogP contribution in [-0.4, -0.2) is 50.6 Å². The number of nitrogens with zero attached hydrogens (tertiary/aromatic N) is 2. The van der Waals surface area contributed by atoms with Gasteiger partial charge in [-0.2, -0.15) is 16.8 Å². The zero-order valence-corrected chi connectivity index (χ0v) is 26.8. The van der Waals surface area contributed by atoms with Gasteiger partial charge in [-0.25, -0.2) is 0 Å². The number of hydrogen-bond acceptors (Lipinski definition) is 11. The molecule has 4 aromatic rings. The van der Waals surface area contributed by atoms with E-state index in [0.29, 0.717) is 8.95 Å². The standard InChI is InChI=1S/C28H14Br2N2O11S2/c29-15-1-7-19(8-2-15)44(37,38)42-31-25(33)21-11-5-17(13-23(21)27(31)35)41-18-6-12-22-24(14-18)28(36)32(26(22)34)43-45(39,40)20-9-3-16(30)4-10-20/h1-14H. The Balaban J connectivity index is 1.20. The fourth-order valence-electron chi connectivity index (χ4n) is 4.28. The van der Waals surface area contributed by atoms with Crippen LogP contribution >= 0.6 is 31.9 Å². The number of hydroxylamine groups is 4. The molecule has 0 bridgehead atoms. The largest absolute Gasteiger partial charge is 0.457 e. The molecule has 0 saturated carbocycles. The van der Waals surface area contributed by atoms with Crippen LogP contribution in [0, 0.1) is 0 Å². The molecule has 2 heterocycles. The van der Waals surface area contributed by atoms with Crippen molar-refractivity contribution >= 4 is 75.7 Å². The third-order valence-electron chi connectivity index (χ3n) is 6.43. The lowest BCUT2D eigenvalue weighted by Crippen LogP contribution is -2.32. The van der Waals surface area contributed by atoms with Gasteiger partial charge in [0.05, 0.1) is 32.0 Å². The first-order chi connectivity index (χ1) is 21.2. The average Bonchev–Trinajstić information content (AvgIpc) is 3.36. The summed E-state index contributed by atoms with van der Waals surface area (Å²) in [6, 6.07) is 18.1. The Labute approximate surface area is 271 Å². The number of ether oxygens (including phenoxy) is 1. The summed E-state index contributed by atoms with van der Waals surface area (Å²) in [4.78, 5) is 51.0. The van der Waals surface area contributed by atoms with Gasteiger partial charge in [-0.15, -0.1) is 18.7 Å². The molecule has 0 N–H and O–H groups in total. The molecule has 2 aliphatic heterocycles. The van der Waals surface area contributed by atoms with Crippen LogP contribution in [-0.2, 0) is 28.8 Å². The highest BCUT2D eigenvalue weighted by molar-refractivity contribution is 9.10. The third kappa shape index (κ3) is 5.69. The molecule has 0 fully saturated rings. The molecular formula is C28H14Br2N2O11S2. The number of amides is 4. The molecule has 0 aliphatic carbocycles. The van der Waals surface area contributed by atoms with E-state index >= 15 is 0 Å². The number of benzene rings is 4. The number of fused-ring (bicyclic) bond motifs is 2. The van der Waals surface area contributed by atoms with E-state index in [1.807, 2.05) is 0 Å². The van der Waals surface area contributed by atoms with Crippen molar-refractivity contribution in [1.82, 2.24) is 10.1 Å². The monoisotopic (exact) mass is 776 g/mol. The predicted octanol–water partition coefficient (Wildman–Crippen LogP) is 4.84. The number of imide groups is 2. The van der Waals surface area contributed by atoms with Crippen LogP contribution in [0.3, 0.4) is 0 Å². The van der Waals surface area contributed by atoms with Crippen LogP contribution in [0.4, 0.5) is 0 Å². The van der Waals surface area contributed by atoms with Gasteiger partial charge in [-0.05, 0) is 84.9 Å².